The van der Waals surface area contributed by atoms with Gasteiger partial charge >= 0.3 is 12.3 Å². The van der Waals surface area contributed by atoms with E-state index in [0.717, 1.165) is 5.92 Å². The Morgan fingerprint density at radius 3 is 1.36 bits per heavy atom. The van der Waals surface area contributed by atoms with Crippen LogP contribution in [0.4, 0.5) is 9.59 Å². The van der Waals surface area contributed by atoms with Crippen LogP contribution >= 0.6 is 0 Å². The van der Waals surface area contributed by atoms with Crippen molar-refractivity contribution in [3.63, 3.8) is 0 Å². The van der Waals surface area contributed by atoms with E-state index in [1.54, 1.807) is 0 Å². The molecule has 0 amide bonds. The van der Waals surface area contributed by atoms with E-state index in [-0.39, 0.29) is 0 Å². The standard InChI is InChI=1S/C6H12.2CH2O3/c1-2-6-4-3-5-6;2*2-1(3)4/h6H,2-5H2,1H3;2*(H2,2,3,4). The maximum absolute atomic E-state index is 8.56. The molecule has 4 N–H and O–H groups in total. The van der Waals surface area contributed by atoms with Crippen LogP contribution in [0.2, 0.25) is 0 Å². The molecule has 1 aliphatic carbocycles. The molecule has 0 aromatic carbocycles. The second-order valence-electron chi connectivity index (χ2n) is 2.77. The van der Waals surface area contributed by atoms with Gasteiger partial charge in [-0.05, 0) is 5.92 Å². The van der Waals surface area contributed by atoms with Crippen LogP contribution in [-0.2, 0) is 0 Å². The first-order valence-electron chi connectivity index (χ1n) is 4.23. The van der Waals surface area contributed by atoms with Crippen molar-refractivity contribution in [3.8, 4) is 0 Å². The normalized spacial score (nSPS) is 13.5. The molecule has 1 saturated carbocycles. The highest BCUT2D eigenvalue weighted by molar-refractivity contribution is 5.53. The summed E-state index contributed by atoms with van der Waals surface area (Å²) in [4.78, 5) is 17.1. The smallest absolute Gasteiger partial charge is 0.450 e. The summed E-state index contributed by atoms with van der Waals surface area (Å²) in [6.45, 7) is 2.28. The topological polar surface area (TPSA) is 115 Å². The fourth-order valence-electron chi connectivity index (χ4n) is 0.901. The summed E-state index contributed by atoms with van der Waals surface area (Å²) in [5.41, 5.74) is 0. The molecule has 0 spiro atoms. The summed E-state index contributed by atoms with van der Waals surface area (Å²) >= 11 is 0. The van der Waals surface area contributed by atoms with Crippen molar-refractivity contribution in [1.82, 2.24) is 0 Å². The molecule has 0 atom stereocenters. The predicted molar refractivity (Wildman–Crippen MR) is 48.9 cm³/mol. The molecule has 1 rings (SSSR count). The third-order valence-electron chi connectivity index (χ3n) is 1.80. The second-order valence-corrected chi connectivity index (χ2v) is 2.77. The van der Waals surface area contributed by atoms with Gasteiger partial charge in [-0.25, -0.2) is 9.59 Å². The van der Waals surface area contributed by atoms with E-state index in [4.69, 9.17) is 30.0 Å². The number of hydrogen-bond donors (Lipinski definition) is 4. The molecule has 0 radical (unpaired) electrons. The Hall–Kier alpha value is -1.46. The van der Waals surface area contributed by atoms with Crippen LogP contribution in [0, 0.1) is 5.92 Å². The van der Waals surface area contributed by atoms with E-state index in [1.807, 2.05) is 0 Å². The molecule has 6 nitrogen and oxygen atoms in total. The molecular formula is C8H16O6. The highest BCUT2D eigenvalue weighted by atomic mass is 16.6. The van der Waals surface area contributed by atoms with Gasteiger partial charge in [0.25, 0.3) is 0 Å². The largest absolute Gasteiger partial charge is 0.503 e. The van der Waals surface area contributed by atoms with Gasteiger partial charge in [-0.3, -0.25) is 0 Å². The molecule has 1 fully saturated rings. The Morgan fingerprint density at radius 1 is 1.07 bits per heavy atom. The van der Waals surface area contributed by atoms with Gasteiger partial charge in [0.2, 0.25) is 0 Å². The molecule has 84 valence electrons. The third kappa shape index (κ3) is 22.4. The Morgan fingerprint density at radius 2 is 1.36 bits per heavy atom. The number of carboxylic acid groups (broad SMARTS) is 4. The molecule has 6 heteroatoms. The quantitative estimate of drug-likeness (QED) is 0.526. The lowest BCUT2D eigenvalue weighted by Gasteiger charge is -2.22. The lowest BCUT2D eigenvalue weighted by atomic mass is 9.84. The zero-order chi connectivity index (χ0) is 11.6. The van der Waals surface area contributed by atoms with Crippen LogP contribution in [0.3, 0.4) is 0 Å². The molecule has 0 aromatic rings. The van der Waals surface area contributed by atoms with Crippen molar-refractivity contribution in [1.29, 1.82) is 0 Å². The Labute approximate surface area is 81.8 Å². The maximum Gasteiger partial charge on any atom is 0.503 e. The first-order valence-corrected chi connectivity index (χ1v) is 4.23. The first-order chi connectivity index (χ1) is 6.40. The van der Waals surface area contributed by atoms with Crippen molar-refractivity contribution < 1.29 is 30.0 Å². The van der Waals surface area contributed by atoms with Crippen LogP contribution in [0.5, 0.6) is 0 Å². The van der Waals surface area contributed by atoms with Crippen molar-refractivity contribution >= 4 is 12.3 Å². The summed E-state index contributed by atoms with van der Waals surface area (Å²) in [5, 5.41) is 27.9. The van der Waals surface area contributed by atoms with E-state index in [0.29, 0.717) is 0 Å². The molecule has 0 unspecified atom stereocenters. The van der Waals surface area contributed by atoms with Crippen molar-refractivity contribution in [2.75, 3.05) is 0 Å². The summed E-state index contributed by atoms with van der Waals surface area (Å²) in [6.07, 6.45) is 2.27. The lowest BCUT2D eigenvalue weighted by molar-refractivity contribution is 0.135. The van der Waals surface area contributed by atoms with Gasteiger partial charge in [-0.15, -0.1) is 0 Å². The molecule has 0 bridgehead atoms. The Bertz CT molecular complexity index is 140. The van der Waals surface area contributed by atoms with E-state index >= 15 is 0 Å². The summed E-state index contributed by atoms with van der Waals surface area (Å²) < 4.78 is 0. The van der Waals surface area contributed by atoms with Gasteiger partial charge in [-0.1, -0.05) is 32.6 Å². The molecule has 0 aliphatic heterocycles. The molecule has 0 saturated heterocycles. The SMILES string of the molecule is CCC1CCC1.O=C(O)O.O=C(O)O. The van der Waals surface area contributed by atoms with Gasteiger partial charge in [0, 0.05) is 0 Å². The number of hydrogen-bond acceptors (Lipinski definition) is 2. The second kappa shape index (κ2) is 9.63. The molecule has 0 heterocycles. The van der Waals surface area contributed by atoms with Crippen LogP contribution in [0.1, 0.15) is 32.6 Å². The van der Waals surface area contributed by atoms with E-state index < -0.39 is 12.3 Å². The minimum atomic E-state index is -1.83. The molecule has 1 aliphatic rings. The average Bonchev–Trinajstić information content (AvgIpc) is 1.80. The minimum absolute atomic E-state index is 1.12. The summed E-state index contributed by atoms with van der Waals surface area (Å²) in [7, 11) is 0. The lowest BCUT2D eigenvalue weighted by Crippen LogP contribution is -2.08. The monoisotopic (exact) mass is 208 g/mol. The maximum atomic E-state index is 8.56. The van der Waals surface area contributed by atoms with E-state index in [2.05, 4.69) is 6.92 Å². The van der Waals surface area contributed by atoms with Crippen LogP contribution in [-0.4, -0.2) is 32.7 Å². The molecular weight excluding hydrogens is 192 g/mol. The highest BCUT2D eigenvalue weighted by Crippen LogP contribution is 2.28. The number of rotatable bonds is 1. The zero-order valence-corrected chi connectivity index (χ0v) is 8.01. The molecule has 0 aromatic heterocycles. The van der Waals surface area contributed by atoms with Crippen molar-refractivity contribution in [3.05, 3.63) is 0 Å². The van der Waals surface area contributed by atoms with Crippen LogP contribution in [0.15, 0.2) is 0 Å². The zero-order valence-electron chi connectivity index (χ0n) is 8.01. The van der Waals surface area contributed by atoms with E-state index in [1.165, 1.54) is 25.7 Å². The van der Waals surface area contributed by atoms with E-state index in [9.17, 15) is 0 Å². The summed E-state index contributed by atoms with van der Waals surface area (Å²) in [6, 6.07) is 0. The average molecular weight is 208 g/mol. The predicted octanol–water partition coefficient (Wildman–Crippen LogP) is 2.64. The molecule has 14 heavy (non-hydrogen) atoms. The van der Waals surface area contributed by atoms with Crippen molar-refractivity contribution in [2.45, 2.75) is 32.6 Å². The number of carbonyl (C=O) groups is 2. The highest BCUT2D eigenvalue weighted by Gasteiger charge is 2.13. The Kier molecular flexibility index (Phi) is 10.3. The van der Waals surface area contributed by atoms with Crippen molar-refractivity contribution in [2.24, 2.45) is 5.92 Å². The van der Waals surface area contributed by atoms with Crippen LogP contribution in [0.25, 0.3) is 0 Å². The fourth-order valence-corrected chi connectivity index (χ4v) is 0.901. The van der Waals surface area contributed by atoms with Gasteiger partial charge in [0.05, 0.1) is 0 Å². The van der Waals surface area contributed by atoms with Gasteiger partial charge in [0.1, 0.15) is 0 Å². The minimum Gasteiger partial charge on any atom is -0.450 e. The van der Waals surface area contributed by atoms with Crippen LogP contribution < -0.4 is 0 Å². The van der Waals surface area contributed by atoms with Gasteiger partial charge in [0.15, 0.2) is 0 Å². The Balaban J connectivity index is 0. The third-order valence-corrected chi connectivity index (χ3v) is 1.80. The first kappa shape index (κ1) is 15.0. The fraction of sp³-hybridized carbons (Fsp3) is 0.750. The summed E-state index contributed by atoms with van der Waals surface area (Å²) in [5.74, 6) is 1.12. The van der Waals surface area contributed by atoms with Gasteiger partial charge < -0.3 is 20.4 Å². The van der Waals surface area contributed by atoms with Gasteiger partial charge in [-0.2, -0.15) is 0 Å².